The maximum atomic E-state index is 11.8. The first kappa shape index (κ1) is 14.5. The third-order valence-corrected chi connectivity index (χ3v) is 3.01. The number of halogens is 1. The second-order valence-electron chi connectivity index (χ2n) is 4.01. The predicted molar refractivity (Wildman–Crippen MR) is 75.6 cm³/mol. The summed E-state index contributed by atoms with van der Waals surface area (Å²) in [5.41, 5.74) is 0.939. The van der Waals surface area contributed by atoms with Gasteiger partial charge in [-0.2, -0.15) is 5.26 Å². The van der Waals surface area contributed by atoms with Crippen molar-refractivity contribution in [1.29, 1.82) is 5.26 Å². The molecule has 94 valence electrons. The number of carbonyl (C=O) groups excluding carboxylic acids is 1. The van der Waals surface area contributed by atoms with E-state index < -0.39 is 0 Å². The minimum atomic E-state index is -0.327. The number of nitriles is 1. The number of amides is 1. The summed E-state index contributed by atoms with van der Waals surface area (Å²) in [6.07, 6.45) is 2.42. The summed E-state index contributed by atoms with van der Waals surface area (Å²) >= 11 is 3.35. The van der Waals surface area contributed by atoms with Crippen LogP contribution in [0.5, 0.6) is 0 Å². The first-order valence-electron chi connectivity index (χ1n) is 5.75. The molecule has 3 nitrogen and oxygen atoms in total. The van der Waals surface area contributed by atoms with Gasteiger partial charge >= 0.3 is 0 Å². The molecule has 1 amide bonds. The van der Waals surface area contributed by atoms with E-state index in [0.717, 1.165) is 16.5 Å². The molecule has 0 aromatic heterocycles. The van der Waals surface area contributed by atoms with Gasteiger partial charge in [-0.25, -0.2) is 0 Å². The quantitative estimate of drug-likeness (QED) is 0.685. The van der Waals surface area contributed by atoms with Crippen LogP contribution in [0.3, 0.4) is 0 Å². The smallest absolute Gasteiger partial charge is 0.262 e. The van der Waals surface area contributed by atoms with Gasteiger partial charge in [0, 0.05) is 10.5 Å². The fraction of sp³-hybridized carbons (Fsp3) is 0.286. The Balaban J connectivity index is 2.90. The third-order valence-electron chi connectivity index (χ3n) is 2.51. The van der Waals surface area contributed by atoms with Crippen LogP contribution in [0.2, 0.25) is 0 Å². The molecular weight excluding hydrogens is 292 g/mol. The van der Waals surface area contributed by atoms with Gasteiger partial charge in [0.25, 0.3) is 5.91 Å². The Bertz CT molecular complexity index is 503. The predicted octanol–water partition coefficient (Wildman–Crippen LogP) is 3.27. The molecule has 0 aliphatic heterocycles. The molecule has 0 spiro atoms. The van der Waals surface area contributed by atoms with Crippen LogP contribution in [-0.2, 0) is 4.79 Å². The van der Waals surface area contributed by atoms with E-state index in [1.165, 1.54) is 0 Å². The second kappa shape index (κ2) is 6.97. The zero-order valence-corrected chi connectivity index (χ0v) is 12.0. The van der Waals surface area contributed by atoms with E-state index >= 15 is 0 Å². The van der Waals surface area contributed by atoms with Gasteiger partial charge in [0.1, 0.15) is 11.6 Å². The van der Waals surface area contributed by atoms with Crippen molar-refractivity contribution in [3.63, 3.8) is 0 Å². The monoisotopic (exact) mass is 306 g/mol. The minimum absolute atomic E-state index is 0.0664. The van der Waals surface area contributed by atoms with Gasteiger partial charge in [-0.3, -0.25) is 4.79 Å². The summed E-state index contributed by atoms with van der Waals surface area (Å²) in [4.78, 5) is 11.8. The number of hydrogen-bond acceptors (Lipinski definition) is 2. The third kappa shape index (κ3) is 4.34. The molecule has 0 bridgehead atoms. The molecule has 1 aromatic carbocycles. The lowest BCUT2D eigenvalue weighted by Gasteiger charge is -2.10. The van der Waals surface area contributed by atoms with Gasteiger partial charge in [-0.1, -0.05) is 35.0 Å². The summed E-state index contributed by atoms with van der Waals surface area (Å²) in [7, 11) is 0. The summed E-state index contributed by atoms with van der Waals surface area (Å²) in [5.74, 6) is -0.327. The van der Waals surface area contributed by atoms with Gasteiger partial charge in [0.2, 0.25) is 0 Å². The Labute approximate surface area is 116 Å². The molecule has 18 heavy (non-hydrogen) atoms. The van der Waals surface area contributed by atoms with Crippen LogP contribution in [0.15, 0.2) is 34.3 Å². The molecule has 0 aliphatic rings. The number of carbonyl (C=O) groups is 1. The SMILES string of the molecule is CC[C@H](C)NC(=O)/C(C#N)=C/c1cccc(Br)c1. The number of rotatable bonds is 4. The van der Waals surface area contributed by atoms with Crippen LogP contribution in [0, 0.1) is 11.3 Å². The van der Waals surface area contributed by atoms with Crippen molar-refractivity contribution < 1.29 is 4.79 Å². The van der Waals surface area contributed by atoms with Gasteiger partial charge < -0.3 is 5.32 Å². The standard InChI is InChI=1S/C14H15BrN2O/c1-3-10(2)17-14(18)12(9-16)7-11-5-4-6-13(15)8-11/h4-8,10H,3H2,1-2H3,(H,17,18)/b12-7+/t10-/m0/s1. The lowest BCUT2D eigenvalue weighted by atomic mass is 10.1. The number of nitrogens with zero attached hydrogens (tertiary/aromatic N) is 1. The Morgan fingerprint density at radius 1 is 1.61 bits per heavy atom. The zero-order chi connectivity index (χ0) is 13.5. The maximum absolute atomic E-state index is 11.8. The molecule has 0 saturated heterocycles. The van der Waals surface area contributed by atoms with Crippen molar-refractivity contribution in [2.45, 2.75) is 26.3 Å². The molecule has 1 N–H and O–H groups in total. The first-order chi connectivity index (χ1) is 8.56. The van der Waals surface area contributed by atoms with Crippen LogP contribution < -0.4 is 5.32 Å². The number of nitrogens with one attached hydrogen (secondary N) is 1. The van der Waals surface area contributed by atoms with Gasteiger partial charge in [0.15, 0.2) is 0 Å². The summed E-state index contributed by atoms with van der Waals surface area (Å²) in [5, 5.41) is 11.8. The van der Waals surface area contributed by atoms with E-state index in [9.17, 15) is 4.79 Å². The molecule has 0 heterocycles. The lowest BCUT2D eigenvalue weighted by Crippen LogP contribution is -2.32. The Hall–Kier alpha value is -1.60. The lowest BCUT2D eigenvalue weighted by molar-refractivity contribution is -0.117. The fourth-order valence-corrected chi connectivity index (χ4v) is 1.73. The van der Waals surface area contributed by atoms with Crippen molar-refractivity contribution in [3.05, 3.63) is 39.9 Å². The average molecular weight is 307 g/mol. The first-order valence-corrected chi connectivity index (χ1v) is 6.54. The number of benzene rings is 1. The summed E-state index contributed by atoms with van der Waals surface area (Å²) in [6, 6.07) is 9.45. The van der Waals surface area contributed by atoms with Crippen molar-refractivity contribution in [1.82, 2.24) is 5.32 Å². The largest absolute Gasteiger partial charge is 0.349 e. The van der Waals surface area contributed by atoms with Crippen molar-refractivity contribution in [3.8, 4) is 6.07 Å². The molecule has 1 aromatic rings. The average Bonchev–Trinajstić information content (AvgIpc) is 2.35. The Morgan fingerprint density at radius 3 is 2.89 bits per heavy atom. The van der Waals surface area contributed by atoms with Crippen LogP contribution in [0.4, 0.5) is 0 Å². The van der Waals surface area contributed by atoms with Crippen LogP contribution in [0.25, 0.3) is 6.08 Å². The van der Waals surface area contributed by atoms with E-state index in [-0.39, 0.29) is 17.5 Å². The van der Waals surface area contributed by atoms with E-state index in [0.29, 0.717) is 0 Å². The van der Waals surface area contributed by atoms with E-state index in [2.05, 4.69) is 21.2 Å². The summed E-state index contributed by atoms with van der Waals surface area (Å²) < 4.78 is 0.913. The molecule has 0 fully saturated rings. The molecule has 0 radical (unpaired) electrons. The topological polar surface area (TPSA) is 52.9 Å². The van der Waals surface area contributed by atoms with Gasteiger partial charge in [-0.15, -0.1) is 0 Å². The highest BCUT2D eigenvalue weighted by molar-refractivity contribution is 9.10. The Kier molecular flexibility index (Phi) is 5.60. The van der Waals surface area contributed by atoms with Gasteiger partial charge in [0.05, 0.1) is 0 Å². The highest BCUT2D eigenvalue weighted by Gasteiger charge is 2.11. The highest BCUT2D eigenvalue weighted by Crippen LogP contribution is 2.14. The number of hydrogen-bond donors (Lipinski definition) is 1. The van der Waals surface area contributed by atoms with Crippen LogP contribution >= 0.6 is 15.9 Å². The van der Waals surface area contributed by atoms with Crippen molar-refractivity contribution in [2.24, 2.45) is 0 Å². The van der Waals surface area contributed by atoms with Crippen LogP contribution in [-0.4, -0.2) is 11.9 Å². The minimum Gasteiger partial charge on any atom is -0.349 e. The molecule has 1 atom stereocenters. The normalized spacial score (nSPS) is 12.7. The molecule has 0 unspecified atom stereocenters. The van der Waals surface area contributed by atoms with Crippen molar-refractivity contribution in [2.75, 3.05) is 0 Å². The molecule has 4 heteroatoms. The molecule has 1 rings (SSSR count). The van der Waals surface area contributed by atoms with E-state index in [1.54, 1.807) is 6.08 Å². The molecule has 0 aliphatic carbocycles. The van der Waals surface area contributed by atoms with E-state index in [1.807, 2.05) is 44.2 Å². The molecular formula is C14H15BrN2O. The maximum Gasteiger partial charge on any atom is 0.262 e. The summed E-state index contributed by atoms with van der Waals surface area (Å²) in [6.45, 7) is 3.89. The van der Waals surface area contributed by atoms with Crippen LogP contribution in [0.1, 0.15) is 25.8 Å². The second-order valence-corrected chi connectivity index (χ2v) is 4.92. The zero-order valence-electron chi connectivity index (χ0n) is 10.4. The molecule has 0 saturated carbocycles. The van der Waals surface area contributed by atoms with Crippen molar-refractivity contribution >= 4 is 27.9 Å². The fourth-order valence-electron chi connectivity index (χ4n) is 1.32. The Morgan fingerprint density at radius 2 is 2.33 bits per heavy atom. The van der Waals surface area contributed by atoms with E-state index in [4.69, 9.17) is 5.26 Å². The van der Waals surface area contributed by atoms with Gasteiger partial charge in [-0.05, 0) is 37.1 Å². The highest BCUT2D eigenvalue weighted by atomic mass is 79.9.